The van der Waals surface area contributed by atoms with E-state index in [1.807, 2.05) is 54.3 Å². The number of para-hydroxylation sites is 1. The molecule has 0 aliphatic carbocycles. The van der Waals surface area contributed by atoms with Crippen LogP contribution in [0, 0.1) is 0 Å². The molecule has 1 atom stereocenters. The van der Waals surface area contributed by atoms with Gasteiger partial charge in [-0.15, -0.1) is 11.8 Å². The van der Waals surface area contributed by atoms with E-state index in [-0.39, 0.29) is 6.54 Å². The number of urea groups is 1. The Hall–Kier alpha value is -3.00. The van der Waals surface area contributed by atoms with E-state index in [4.69, 9.17) is 0 Å². The third kappa shape index (κ3) is 3.63. The molecule has 1 fully saturated rings. The number of benzene rings is 2. The molecule has 30 heavy (non-hydrogen) atoms. The molecule has 156 valence electrons. The number of anilines is 1. The quantitative estimate of drug-likeness (QED) is 0.722. The van der Waals surface area contributed by atoms with Crippen molar-refractivity contribution < 1.29 is 14.4 Å². The highest BCUT2D eigenvalue weighted by atomic mass is 32.2. The molecule has 2 aliphatic rings. The molecule has 1 saturated heterocycles. The Bertz CT molecular complexity index is 968. The van der Waals surface area contributed by atoms with Gasteiger partial charge < -0.3 is 10.2 Å². The van der Waals surface area contributed by atoms with Crippen molar-refractivity contribution in [2.24, 2.45) is 0 Å². The second-order valence-corrected chi connectivity index (χ2v) is 8.46. The molecular formula is C22H24N4O3S. The fraction of sp³-hybridized carbons (Fsp3) is 0.318. The Kier molecular flexibility index (Phi) is 5.67. The molecule has 2 aliphatic heterocycles. The number of nitrogens with one attached hydrogen (secondary N) is 2. The van der Waals surface area contributed by atoms with Crippen molar-refractivity contribution in [1.29, 1.82) is 0 Å². The molecule has 2 heterocycles. The number of nitrogens with zero attached hydrogens (tertiary/aromatic N) is 2. The number of fused-ring (bicyclic) bond motifs is 1. The van der Waals surface area contributed by atoms with Gasteiger partial charge in [0.25, 0.3) is 11.8 Å². The van der Waals surface area contributed by atoms with Gasteiger partial charge in [-0.2, -0.15) is 5.01 Å². The van der Waals surface area contributed by atoms with Gasteiger partial charge in [0.2, 0.25) is 0 Å². The van der Waals surface area contributed by atoms with E-state index in [2.05, 4.69) is 10.7 Å². The van der Waals surface area contributed by atoms with E-state index in [0.29, 0.717) is 12.0 Å². The first-order valence-corrected chi connectivity index (χ1v) is 11.0. The molecule has 0 aromatic heterocycles. The van der Waals surface area contributed by atoms with Crippen LogP contribution in [0.15, 0.2) is 59.5 Å². The molecule has 0 radical (unpaired) electrons. The van der Waals surface area contributed by atoms with Crippen LogP contribution >= 0.6 is 11.8 Å². The molecule has 7 nitrogen and oxygen atoms in total. The van der Waals surface area contributed by atoms with Crippen LogP contribution in [0.5, 0.6) is 0 Å². The van der Waals surface area contributed by atoms with Crippen molar-refractivity contribution in [2.75, 3.05) is 23.7 Å². The lowest BCUT2D eigenvalue weighted by atomic mass is 9.87. The van der Waals surface area contributed by atoms with E-state index in [0.717, 1.165) is 34.3 Å². The van der Waals surface area contributed by atoms with Gasteiger partial charge in [0.15, 0.2) is 0 Å². The number of hydrogen-bond acceptors (Lipinski definition) is 5. The van der Waals surface area contributed by atoms with Gasteiger partial charge >= 0.3 is 6.03 Å². The summed E-state index contributed by atoms with van der Waals surface area (Å²) in [5, 5.41) is 3.59. The number of carbonyl (C=O) groups excluding carboxylic acids is 3. The Morgan fingerprint density at radius 2 is 1.87 bits per heavy atom. The van der Waals surface area contributed by atoms with Crippen molar-refractivity contribution in [3.8, 4) is 0 Å². The van der Waals surface area contributed by atoms with Crippen LogP contribution in [0.3, 0.4) is 0 Å². The van der Waals surface area contributed by atoms with Crippen LogP contribution in [0.25, 0.3) is 0 Å². The van der Waals surface area contributed by atoms with Crippen molar-refractivity contribution in [3.63, 3.8) is 0 Å². The normalized spacial score (nSPS) is 21.1. The number of thioether (sulfide) groups is 1. The van der Waals surface area contributed by atoms with E-state index >= 15 is 0 Å². The van der Waals surface area contributed by atoms with E-state index < -0.39 is 23.4 Å². The lowest BCUT2D eigenvalue weighted by molar-refractivity contribution is -0.139. The average molecular weight is 425 g/mol. The lowest BCUT2D eigenvalue weighted by Gasteiger charge is -2.26. The fourth-order valence-electron chi connectivity index (χ4n) is 3.93. The first kappa shape index (κ1) is 20.3. The Balaban J connectivity index is 1.50. The van der Waals surface area contributed by atoms with Crippen LogP contribution in [0.1, 0.15) is 25.3 Å². The Labute approximate surface area is 179 Å². The fourth-order valence-corrected chi connectivity index (χ4v) is 4.95. The Morgan fingerprint density at radius 3 is 2.63 bits per heavy atom. The smallest absolute Gasteiger partial charge is 0.344 e. The summed E-state index contributed by atoms with van der Waals surface area (Å²) in [5.74, 6) is 0.111. The first-order chi connectivity index (χ1) is 14.5. The minimum absolute atomic E-state index is 0.0685. The highest BCUT2D eigenvalue weighted by Crippen LogP contribution is 2.34. The number of carbonyl (C=O) groups is 3. The topological polar surface area (TPSA) is 81.8 Å². The highest BCUT2D eigenvalue weighted by Gasteiger charge is 2.52. The minimum Gasteiger partial charge on any atom is -0.361 e. The number of imide groups is 1. The largest absolute Gasteiger partial charge is 0.361 e. The molecule has 4 rings (SSSR count). The number of hydrazine groups is 1. The molecule has 0 spiro atoms. The molecule has 2 aromatic carbocycles. The summed E-state index contributed by atoms with van der Waals surface area (Å²) in [4.78, 5) is 41.6. The first-order valence-electron chi connectivity index (χ1n) is 10.0. The van der Waals surface area contributed by atoms with E-state index in [1.54, 1.807) is 23.9 Å². The molecule has 2 aromatic rings. The maximum atomic E-state index is 13.2. The molecular weight excluding hydrogens is 400 g/mol. The van der Waals surface area contributed by atoms with Crippen molar-refractivity contribution in [3.05, 3.63) is 60.2 Å². The van der Waals surface area contributed by atoms with Gasteiger partial charge in [0.05, 0.1) is 12.2 Å². The standard InChI is InChI=1S/C22H24N4O3S/c1-2-22(16-9-4-3-5-10-16)20(28)26(21(29)23-22)24-19(27)15-25-13-8-14-30-18-12-7-6-11-17(18)25/h3-7,9-12H,2,8,13-15H2,1H3,(H,23,29)(H,24,27)/t22-/m1/s1. The zero-order valence-corrected chi connectivity index (χ0v) is 17.6. The lowest BCUT2D eigenvalue weighted by Crippen LogP contribution is -2.51. The van der Waals surface area contributed by atoms with E-state index in [9.17, 15) is 14.4 Å². The third-order valence-electron chi connectivity index (χ3n) is 5.50. The Morgan fingerprint density at radius 1 is 1.13 bits per heavy atom. The third-order valence-corrected chi connectivity index (χ3v) is 6.64. The molecule has 0 saturated carbocycles. The van der Waals surface area contributed by atoms with Crippen molar-refractivity contribution >= 4 is 35.3 Å². The van der Waals surface area contributed by atoms with Gasteiger partial charge in [0, 0.05) is 11.4 Å². The van der Waals surface area contributed by atoms with Gasteiger partial charge in [-0.3, -0.25) is 15.0 Å². The van der Waals surface area contributed by atoms with Crippen LogP contribution in [0.2, 0.25) is 0 Å². The van der Waals surface area contributed by atoms with Crippen LogP contribution in [-0.2, 0) is 15.1 Å². The van der Waals surface area contributed by atoms with Gasteiger partial charge in [-0.1, -0.05) is 49.4 Å². The summed E-state index contributed by atoms with van der Waals surface area (Å²) in [6.45, 7) is 2.64. The molecule has 8 heteroatoms. The average Bonchev–Trinajstić information content (AvgIpc) is 2.90. The van der Waals surface area contributed by atoms with Crippen molar-refractivity contribution in [1.82, 2.24) is 15.8 Å². The molecule has 0 bridgehead atoms. The highest BCUT2D eigenvalue weighted by molar-refractivity contribution is 7.99. The van der Waals surface area contributed by atoms with Gasteiger partial charge in [0.1, 0.15) is 5.54 Å². The predicted molar refractivity (Wildman–Crippen MR) is 116 cm³/mol. The number of amides is 4. The summed E-state index contributed by atoms with van der Waals surface area (Å²) in [6, 6.07) is 16.5. The molecule has 0 unspecified atom stereocenters. The summed E-state index contributed by atoms with van der Waals surface area (Å²) >= 11 is 1.77. The predicted octanol–water partition coefficient (Wildman–Crippen LogP) is 2.88. The van der Waals surface area contributed by atoms with Crippen LogP contribution in [-0.4, -0.2) is 41.7 Å². The van der Waals surface area contributed by atoms with Crippen LogP contribution < -0.4 is 15.6 Å². The molecule has 4 amide bonds. The van der Waals surface area contributed by atoms with Gasteiger partial charge in [-0.25, -0.2) is 4.79 Å². The summed E-state index contributed by atoms with van der Waals surface area (Å²) in [7, 11) is 0. The second-order valence-electron chi connectivity index (χ2n) is 7.32. The second kappa shape index (κ2) is 8.39. The minimum atomic E-state index is -1.17. The van der Waals surface area contributed by atoms with Crippen molar-refractivity contribution in [2.45, 2.75) is 30.2 Å². The zero-order valence-electron chi connectivity index (χ0n) is 16.8. The number of rotatable bonds is 5. The summed E-state index contributed by atoms with van der Waals surface area (Å²) in [6.07, 6.45) is 1.33. The molecule has 2 N–H and O–H groups in total. The zero-order chi connectivity index (χ0) is 21.1. The SMILES string of the molecule is CC[C@]1(c2ccccc2)NC(=O)N(NC(=O)CN2CCCSc3ccccc32)C1=O. The van der Waals surface area contributed by atoms with E-state index in [1.165, 1.54) is 0 Å². The summed E-state index contributed by atoms with van der Waals surface area (Å²) < 4.78 is 0. The summed E-state index contributed by atoms with van der Waals surface area (Å²) in [5.41, 5.74) is 3.05. The monoisotopic (exact) mass is 424 g/mol. The maximum absolute atomic E-state index is 13.2. The number of hydrogen-bond donors (Lipinski definition) is 2. The van der Waals surface area contributed by atoms with Crippen LogP contribution in [0.4, 0.5) is 10.5 Å². The van der Waals surface area contributed by atoms with Gasteiger partial charge in [-0.05, 0) is 36.3 Å². The maximum Gasteiger partial charge on any atom is 0.344 e.